The zero-order chi connectivity index (χ0) is 51.2. The smallest absolute Gasteiger partial charge is 0.323 e. The molecule has 18 heteroatoms. The van der Waals surface area contributed by atoms with Crippen LogP contribution < -0.4 is 0 Å². The molecule has 2 saturated heterocycles. The summed E-state index contributed by atoms with van der Waals surface area (Å²) in [5, 5.41) is 9.26. The molecular weight excluding hydrogens is 1030 g/mol. The molecule has 8 rings (SSSR count). The lowest BCUT2D eigenvalue weighted by atomic mass is 9.98. The monoisotopic (exact) mass is 1080 g/mol. The molecule has 4 amide bonds. The summed E-state index contributed by atoms with van der Waals surface area (Å²) in [6, 6.07) is 23.7. The number of fused-ring (bicyclic) bond motifs is 1. The van der Waals surface area contributed by atoms with Crippen molar-refractivity contribution in [2.24, 2.45) is 11.8 Å². The average molecular weight is 1080 g/mol. The lowest BCUT2D eigenvalue weighted by molar-refractivity contribution is -0.140. The molecule has 2 atom stereocenters. The van der Waals surface area contributed by atoms with Crippen molar-refractivity contribution < 1.29 is 38.6 Å². The van der Waals surface area contributed by atoms with Gasteiger partial charge in [-0.25, -0.2) is 0 Å². The fourth-order valence-corrected chi connectivity index (χ4v) is 13.8. The molecule has 0 bridgehead atoms. The summed E-state index contributed by atoms with van der Waals surface area (Å²) in [5.41, 5.74) is 5.66. The van der Waals surface area contributed by atoms with Gasteiger partial charge in [0.25, 0.3) is 30.1 Å². The summed E-state index contributed by atoms with van der Waals surface area (Å²) in [7, 11) is 0. The molecule has 0 saturated carbocycles. The number of carboxylic acid groups (broad SMARTS) is 1. The predicted octanol–water partition coefficient (Wildman–Crippen LogP) is 12.0. The maximum Gasteiger partial charge on any atom is 0.323 e. The average Bonchev–Trinajstić information content (AvgIpc) is 4.24. The summed E-state index contributed by atoms with van der Waals surface area (Å²) in [4.78, 5) is 89.2. The largest absolute Gasteiger partial charge is 0.480 e. The lowest BCUT2D eigenvalue weighted by Gasteiger charge is -2.29. The molecule has 0 aliphatic carbocycles. The van der Waals surface area contributed by atoms with Crippen molar-refractivity contribution >= 4 is 139 Å². The van der Waals surface area contributed by atoms with Crippen LogP contribution in [-0.4, -0.2) is 95.8 Å². The van der Waals surface area contributed by atoms with Gasteiger partial charge >= 0.3 is 5.97 Å². The number of carbonyl (C=O) groups excluding carboxylic acids is 5. The maximum atomic E-state index is 15.4. The molecular formula is C54H54N4O8S6. The number of ether oxygens (including phenoxy) is 1. The van der Waals surface area contributed by atoms with E-state index in [2.05, 4.69) is 27.7 Å². The number of hydrogen-bond acceptors (Lipinski definition) is 13. The van der Waals surface area contributed by atoms with Crippen LogP contribution in [0.5, 0.6) is 0 Å². The van der Waals surface area contributed by atoms with Crippen molar-refractivity contribution in [3.05, 3.63) is 115 Å². The van der Waals surface area contributed by atoms with Crippen LogP contribution in [-0.2, 0) is 33.5 Å². The van der Waals surface area contributed by atoms with E-state index in [-0.39, 0.29) is 47.1 Å². The summed E-state index contributed by atoms with van der Waals surface area (Å²) in [6.45, 7) is 9.22. The molecule has 1 N–H and O–H groups in total. The third-order valence-electron chi connectivity index (χ3n) is 13.1. The number of carboxylic acids is 1. The molecule has 374 valence electrons. The van der Waals surface area contributed by atoms with Gasteiger partial charge in [-0.2, -0.15) is 0 Å². The Morgan fingerprint density at radius 3 is 1.42 bits per heavy atom. The second kappa shape index (κ2) is 23.6. The van der Waals surface area contributed by atoms with Gasteiger partial charge in [0.15, 0.2) is 11.1 Å². The van der Waals surface area contributed by atoms with Crippen LogP contribution in [0.15, 0.2) is 93.8 Å². The molecule has 0 radical (unpaired) electrons. The fourth-order valence-electron chi connectivity index (χ4n) is 9.13. The normalized spacial score (nSPS) is 18.1. The summed E-state index contributed by atoms with van der Waals surface area (Å²) in [6.07, 6.45) is 11.4. The summed E-state index contributed by atoms with van der Waals surface area (Å²) < 4.78 is 5.30. The maximum absolute atomic E-state index is 15.4. The van der Waals surface area contributed by atoms with Crippen molar-refractivity contribution in [2.45, 2.75) is 79.1 Å². The van der Waals surface area contributed by atoms with E-state index in [1.165, 1.54) is 16.2 Å². The van der Waals surface area contributed by atoms with Crippen molar-refractivity contribution in [3.63, 3.8) is 0 Å². The Kier molecular flexibility index (Phi) is 17.3. The van der Waals surface area contributed by atoms with Crippen LogP contribution in [0.2, 0.25) is 0 Å². The van der Waals surface area contributed by atoms with E-state index in [1.54, 1.807) is 23.5 Å². The minimum atomic E-state index is -1.14. The summed E-state index contributed by atoms with van der Waals surface area (Å²) >= 11 is 15.9. The van der Waals surface area contributed by atoms with E-state index in [1.807, 2.05) is 82.6 Å². The highest BCUT2D eigenvalue weighted by atomic mass is 32.2. The van der Waals surface area contributed by atoms with Gasteiger partial charge in [0.1, 0.15) is 10.9 Å². The number of unbranched alkanes of at least 4 members (excludes halogenated alkanes) is 2. The highest BCUT2D eigenvalue weighted by Crippen LogP contribution is 2.51. The Morgan fingerprint density at radius 1 is 0.597 bits per heavy atom. The van der Waals surface area contributed by atoms with Crippen molar-refractivity contribution in [3.8, 4) is 20.9 Å². The van der Waals surface area contributed by atoms with Gasteiger partial charge in [-0.05, 0) is 83.3 Å². The number of carbonyl (C=O) groups is 6. The van der Waals surface area contributed by atoms with Crippen LogP contribution in [0.25, 0.3) is 44.4 Å². The predicted molar refractivity (Wildman–Crippen MR) is 298 cm³/mol. The lowest BCUT2D eigenvalue weighted by Crippen LogP contribution is -2.34. The third-order valence-corrected chi connectivity index (χ3v) is 18.2. The van der Waals surface area contributed by atoms with Gasteiger partial charge in [-0.3, -0.25) is 38.6 Å². The number of thiophene rings is 2. The van der Waals surface area contributed by atoms with E-state index in [0.29, 0.717) is 49.8 Å². The number of thioether (sulfide) groups is 2. The fraction of sp³-hybridized carbons (Fsp3) is 0.333. The minimum absolute atomic E-state index is 0.155. The number of amides is 4. The van der Waals surface area contributed by atoms with Gasteiger partial charge in [0.05, 0.1) is 42.1 Å². The number of aliphatic carboxylic acids is 1. The van der Waals surface area contributed by atoms with Gasteiger partial charge < -0.3 is 19.6 Å². The Bertz CT molecular complexity index is 2950. The van der Waals surface area contributed by atoms with E-state index in [0.717, 1.165) is 122 Å². The zero-order valence-electron chi connectivity index (χ0n) is 40.3. The Balaban J connectivity index is 1.16. The molecule has 4 aliphatic rings. The SMILES string of the molecule is CCCCC(CC)CN1C(=O)C2=C(c3ccc(-c4ccc(C=C5SC(=S)N(CC(=O)O)C5=O)cc4)s3)N(CC(CC)CCCC)C(=O)C2=C1c1ccc(-c2ccc(C=C3SC(=S)N(COC=O)C3=O)cc2)s1. The van der Waals surface area contributed by atoms with E-state index >= 15 is 9.59 Å². The first-order chi connectivity index (χ1) is 34.8. The molecule has 72 heavy (non-hydrogen) atoms. The van der Waals surface area contributed by atoms with Crippen LogP contribution in [0.1, 0.15) is 99.9 Å². The standard InChI is InChI=1S/C54H54N4O8S6/c1-5-9-11-32(7-3)27-55-47(40-23-21-38(69-40)36-17-13-34(14-18-36)25-42-49(62)57(29-44(60)61)53(67)71-42)45-46(52(55)65)48(56(51(45)64)28-33(8-4)12-10-6-2)41-24-22-39(70-41)37-19-15-35(16-20-37)26-43-50(63)58(30-66-31-59)54(68)72-43/h13-26,31-33H,5-12,27-30H2,1-4H3,(H,60,61). The second-order valence-electron chi connectivity index (χ2n) is 17.8. The zero-order valence-corrected chi connectivity index (χ0v) is 45.2. The van der Waals surface area contributed by atoms with Crippen LogP contribution in [0, 0.1) is 11.8 Å². The topological polar surface area (TPSA) is 145 Å². The highest BCUT2D eigenvalue weighted by Gasteiger charge is 2.50. The Hall–Kier alpha value is -5.50. The van der Waals surface area contributed by atoms with Gasteiger partial charge in [0, 0.05) is 22.8 Å². The van der Waals surface area contributed by atoms with Crippen molar-refractivity contribution in [2.75, 3.05) is 26.4 Å². The highest BCUT2D eigenvalue weighted by molar-refractivity contribution is 8.27. The van der Waals surface area contributed by atoms with Crippen molar-refractivity contribution in [1.29, 1.82) is 0 Å². The first-order valence-corrected chi connectivity index (χ1v) is 28.2. The van der Waals surface area contributed by atoms with Crippen LogP contribution in [0.4, 0.5) is 0 Å². The molecule has 2 aromatic carbocycles. The van der Waals surface area contributed by atoms with Gasteiger partial charge in [0.2, 0.25) is 0 Å². The molecule has 2 aromatic heterocycles. The molecule has 2 fully saturated rings. The van der Waals surface area contributed by atoms with E-state index in [4.69, 9.17) is 29.2 Å². The Morgan fingerprint density at radius 2 is 1.01 bits per heavy atom. The van der Waals surface area contributed by atoms with Crippen molar-refractivity contribution in [1.82, 2.24) is 19.6 Å². The van der Waals surface area contributed by atoms with Crippen LogP contribution in [0.3, 0.4) is 0 Å². The number of benzene rings is 2. The second-order valence-corrected chi connectivity index (χ2v) is 23.4. The first-order valence-electron chi connectivity index (χ1n) is 24.1. The Labute approximate surface area is 446 Å². The minimum Gasteiger partial charge on any atom is -0.480 e. The molecule has 4 aromatic rings. The van der Waals surface area contributed by atoms with E-state index < -0.39 is 18.4 Å². The first kappa shape index (κ1) is 52.8. The molecule has 2 unspecified atom stereocenters. The van der Waals surface area contributed by atoms with Gasteiger partial charge in [-0.1, -0.05) is 163 Å². The van der Waals surface area contributed by atoms with E-state index in [9.17, 15) is 24.3 Å². The number of hydrogen-bond donors (Lipinski definition) is 1. The number of nitrogens with zero attached hydrogens (tertiary/aromatic N) is 4. The molecule has 4 aliphatic heterocycles. The third kappa shape index (κ3) is 11.2. The van der Waals surface area contributed by atoms with Gasteiger partial charge in [-0.15, -0.1) is 22.7 Å². The number of rotatable bonds is 23. The molecule has 12 nitrogen and oxygen atoms in total. The molecule has 6 heterocycles. The summed E-state index contributed by atoms with van der Waals surface area (Å²) in [5.74, 6) is -1.74. The quantitative estimate of drug-likeness (QED) is 0.0429. The van der Waals surface area contributed by atoms with Crippen LogP contribution >= 0.6 is 70.6 Å². The molecule has 0 spiro atoms. The number of thiocarbonyl (C=S) groups is 2.